The molecule has 0 radical (unpaired) electrons. The van der Waals surface area contributed by atoms with E-state index < -0.39 is 0 Å². The molecule has 4 heteroatoms. The maximum atomic E-state index is 11.8. The molecule has 0 aromatic heterocycles. The van der Waals surface area contributed by atoms with Crippen LogP contribution in [0.15, 0.2) is 18.2 Å². The predicted octanol–water partition coefficient (Wildman–Crippen LogP) is 3.30. The summed E-state index contributed by atoms with van der Waals surface area (Å²) in [7, 11) is 0. The van der Waals surface area contributed by atoms with Gasteiger partial charge in [-0.2, -0.15) is 11.8 Å². The second-order valence-electron chi connectivity index (χ2n) is 4.60. The van der Waals surface area contributed by atoms with Crippen LogP contribution in [0.4, 0.5) is 11.4 Å². The number of rotatable bonds is 6. The predicted molar refractivity (Wildman–Crippen MR) is 81.0 cm³/mol. The summed E-state index contributed by atoms with van der Waals surface area (Å²) in [6.45, 7) is 6.28. The van der Waals surface area contributed by atoms with E-state index in [9.17, 15) is 4.79 Å². The Morgan fingerprint density at radius 3 is 2.89 bits per heavy atom. The lowest BCUT2D eigenvalue weighted by atomic mass is 10.1. The van der Waals surface area contributed by atoms with Crippen LogP contribution in [0, 0.1) is 12.8 Å². The Labute approximate surface area is 114 Å². The van der Waals surface area contributed by atoms with E-state index in [0.717, 1.165) is 23.4 Å². The average molecular weight is 266 g/mol. The molecule has 1 rings (SSSR count). The molecular weight excluding hydrogens is 244 g/mol. The van der Waals surface area contributed by atoms with Gasteiger partial charge in [-0.25, -0.2) is 0 Å². The molecule has 1 atom stereocenters. The van der Waals surface area contributed by atoms with Gasteiger partial charge in [0.15, 0.2) is 0 Å². The lowest BCUT2D eigenvalue weighted by molar-refractivity contribution is -0.113. The van der Waals surface area contributed by atoms with Crippen molar-refractivity contribution in [1.29, 1.82) is 0 Å². The van der Waals surface area contributed by atoms with Crippen LogP contribution in [0.3, 0.4) is 0 Å². The summed E-state index contributed by atoms with van der Waals surface area (Å²) < 4.78 is 0. The first kappa shape index (κ1) is 14.9. The van der Waals surface area contributed by atoms with Crippen LogP contribution in [0.2, 0.25) is 0 Å². The molecule has 1 aromatic rings. The van der Waals surface area contributed by atoms with E-state index in [1.807, 2.05) is 25.1 Å². The molecule has 1 aromatic carbocycles. The Balaban J connectivity index is 2.43. The lowest BCUT2D eigenvalue weighted by Gasteiger charge is -2.11. The van der Waals surface area contributed by atoms with Crippen molar-refractivity contribution in [3.8, 4) is 0 Å². The van der Waals surface area contributed by atoms with Crippen molar-refractivity contribution in [2.45, 2.75) is 27.2 Å². The fourth-order valence-electron chi connectivity index (χ4n) is 1.45. The van der Waals surface area contributed by atoms with Gasteiger partial charge in [-0.1, -0.05) is 26.3 Å². The first-order valence-corrected chi connectivity index (χ1v) is 7.42. The zero-order valence-corrected chi connectivity index (χ0v) is 12.1. The summed E-state index contributed by atoms with van der Waals surface area (Å²) in [5.41, 5.74) is 8.24. The largest absolute Gasteiger partial charge is 0.398 e. The van der Waals surface area contributed by atoms with Gasteiger partial charge in [-0.3, -0.25) is 4.79 Å². The van der Waals surface area contributed by atoms with Gasteiger partial charge in [-0.05, 0) is 36.3 Å². The van der Waals surface area contributed by atoms with Gasteiger partial charge in [0, 0.05) is 11.4 Å². The topological polar surface area (TPSA) is 55.1 Å². The Morgan fingerprint density at radius 1 is 1.50 bits per heavy atom. The molecule has 3 nitrogen and oxygen atoms in total. The molecule has 0 spiro atoms. The summed E-state index contributed by atoms with van der Waals surface area (Å²) in [5.74, 6) is 2.23. The van der Waals surface area contributed by atoms with E-state index in [0.29, 0.717) is 17.4 Å². The molecule has 1 unspecified atom stereocenters. The number of nitrogens with two attached hydrogens (primary N) is 1. The zero-order chi connectivity index (χ0) is 13.5. The van der Waals surface area contributed by atoms with E-state index in [-0.39, 0.29) is 5.91 Å². The van der Waals surface area contributed by atoms with Gasteiger partial charge >= 0.3 is 0 Å². The minimum Gasteiger partial charge on any atom is -0.398 e. The molecule has 0 fully saturated rings. The number of nitrogens with one attached hydrogen (secondary N) is 1. The smallest absolute Gasteiger partial charge is 0.234 e. The molecular formula is C14H22N2OS. The van der Waals surface area contributed by atoms with Crippen molar-refractivity contribution < 1.29 is 4.79 Å². The van der Waals surface area contributed by atoms with Crippen LogP contribution in [0.1, 0.15) is 25.8 Å². The number of benzene rings is 1. The monoisotopic (exact) mass is 266 g/mol. The van der Waals surface area contributed by atoms with Crippen molar-refractivity contribution in [3.05, 3.63) is 23.8 Å². The van der Waals surface area contributed by atoms with Gasteiger partial charge in [0.25, 0.3) is 0 Å². The summed E-state index contributed by atoms with van der Waals surface area (Å²) in [6.07, 6.45) is 1.16. The van der Waals surface area contributed by atoms with Gasteiger partial charge in [-0.15, -0.1) is 0 Å². The molecule has 0 aliphatic rings. The molecule has 1 amide bonds. The number of nitrogen functional groups attached to an aromatic ring is 1. The second-order valence-corrected chi connectivity index (χ2v) is 5.63. The van der Waals surface area contributed by atoms with Crippen LogP contribution < -0.4 is 11.1 Å². The Hall–Kier alpha value is -1.16. The third kappa shape index (κ3) is 4.61. The highest BCUT2D eigenvalue weighted by Crippen LogP contribution is 2.20. The van der Waals surface area contributed by atoms with Crippen molar-refractivity contribution >= 4 is 29.0 Å². The number of hydrogen-bond acceptors (Lipinski definition) is 3. The molecule has 0 saturated carbocycles. The maximum Gasteiger partial charge on any atom is 0.234 e. The van der Waals surface area contributed by atoms with Crippen LogP contribution >= 0.6 is 11.8 Å². The van der Waals surface area contributed by atoms with E-state index in [2.05, 4.69) is 19.2 Å². The van der Waals surface area contributed by atoms with Crippen molar-refractivity contribution in [3.63, 3.8) is 0 Å². The normalized spacial score (nSPS) is 12.2. The Bertz CT molecular complexity index is 407. The summed E-state index contributed by atoms with van der Waals surface area (Å²) in [4.78, 5) is 11.8. The highest BCUT2D eigenvalue weighted by atomic mass is 32.2. The molecule has 18 heavy (non-hydrogen) atoms. The summed E-state index contributed by atoms with van der Waals surface area (Å²) in [6, 6.07) is 5.57. The second kappa shape index (κ2) is 7.31. The van der Waals surface area contributed by atoms with Crippen LogP contribution in [-0.2, 0) is 4.79 Å². The molecule has 100 valence electrons. The van der Waals surface area contributed by atoms with Gasteiger partial charge in [0.1, 0.15) is 0 Å². The third-order valence-electron chi connectivity index (χ3n) is 2.98. The number of anilines is 2. The number of hydrogen-bond donors (Lipinski definition) is 2. The lowest BCUT2D eigenvalue weighted by Crippen LogP contribution is -2.16. The van der Waals surface area contributed by atoms with Crippen LogP contribution in [0.25, 0.3) is 0 Å². The maximum absolute atomic E-state index is 11.8. The average Bonchev–Trinajstić information content (AvgIpc) is 2.34. The van der Waals surface area contributed by atoms with Crippen LogP contribution in [0.5, 0.6) is 0 Å². The number of amides is 1. The molecule has 0 aliphatic heterocycles. The highest BCUT2D eigenvalue weighted by molar-refractivity contribution is 7.99. The van der Waals surface area contributed by atoms with Gasteiger partial charge < -0.3 is 11.1 Å². The van der Waals surface area contributed by atoms with Gasteiger partial charge in [0.05, 0.1) is 5.75 Å². The fraction of sp³-hybridized carbons (Fsp3) is 0.500. The minimum atomic E-state index is 0.0389. The Morgan fingerprint density at radius 2 is 2.22 bits per heavy atom. The molecule has 0 saturated heterocycles. The quantitative estimate of drug-likeness (QED) is 0.777. The van der Waals surface area contributed by atoms with Crippen molar-refractivity contribution in [1.82, 2.24) is 0 Å². The number of carbonyl (C=O) groups excluding carboxylic acids is 1. The van der Waals surface area contributed by atoms with E-state index >= 15 is 0 Å². The van der Waals surface area contributed by atoms with E-state index in [4.69, 9.17) is 5.73 Å². The molecule has 0 heterocycles. The summed E-state index contributed by atoms with van der Waals surface area (Å²) >= 11 is 1.68. The molecule has 3 N–H and O–H groups in total. The van der Waals surface area contributed by atoms with Crippen LogP contribution in [-0.4, -0.2) is 17.4 Å². The van der Waals surface area contributed by atoms with Crippen molar-refractivity contribution in [2.75, 3.05) is 22.6 Å². The fourth-order valence-corrected chi connectivity index (χ4v) is 2.46. The number of thioether (sulfide) groups is 1. The Kier molecular flexibility index (Phi) is 6.05. The zero-order valence-electron chi connectivity index (χ0n) is 11.3. The van der Waals surface area contributed by atoms with E-state index in [1.165, 1.54) is 0 Å². The van der Waals surface area contributed by atoms with Gasteiger partial charge in [0.2, 0.25) is 5.91 Å². The highest BCUT2D eigenvalue weighted by Gasteiger charge is 2.07. The third-order valence-corrected chi connectivity index (χ3v) is 4.25. The molecule has 0 bridgehead atoms. The standard InChI is InChI=1S/C14H22N2OS/c1-4-10(2)8-18-9-14(17)16-13-7-5-6-12(15)11(13)3/h5-7,10H,4,8-9,15H2,1-3H3,(H,16,17). The van der Waals surface area contributed by atoms with Crippen molar-refractivity contribution in [2.24, 2.45) is 5.92 Å². The number of carbonyl (C=O) groups is 1. The first-order valence-electron chi connectivity index (χ1n) is 6.27. The first-order chi connectivity index (χ1) is 8.54. The molecule has 0 aliphatic carbocycles. The SMILES string of the molecule is CCC(C)CSCC(=O)Nc1cccc(N)c1C. The van der Waals surface area contributed by atoms with E-state index in [1.54, 1.807) is 11.8 Å². The summed E-state index contributed by atoms with van der Waals surface area (Å²) in [5, 5.41) is 2.90. The minimum absolute atomic E-state index is 0.0389.